The zero-order valence-electron chi connectivity index (χ0n) is 18.5. The van der Waals surface area contributed by atoms with E-state index in [9.17, 15) is 5.26 Å². The Morgan fingerprint density at radius 1 is 0.829 bits per heavy atom. The molecule has 0 spiro atoms. The van der Waals surface area contributed by atoms with Crippen molar-refractivity contribution in [3.8, 4) is 28.5 Å². The molecule has 0 saturated heterocycles. The largest absolute Gasteiger partial charge is 0.382 e. The second-order valence-corrected chi connectivity index (χ2v) is 8.04. The molecule has 6 rings (SSSR count). The number of rotatable bonds is 4. The van der Waals surface area contributed by atoms with Crippen LogP contribution in [0.2, 0.25) is 0 Å². The number of nitriles is 1. The summed E-state index contributed by atoms with van der Waals surface area (Å²) in [7, 11) is 0. The highest BCUT2D eigenvalue weighted by molar-refractivity contribution is 6.08. The maximum Gasteiger partial charge on any atom is 0.155 e. The lowest BCUT2D eigenvalue weighted by atomic mass is 9.95. The summed E-state index contributed by atoms with van der Waals surface area (Å²) >= 11 is 0. The van der Waals surface area contributed by atoms with E-state index in [0.717, 1.165) is 33.3 Å². The minimum Gasteiger partial charge on any atom is -0.382 e. The monoisotopic (exact) mass is 454 g/mol. The van der Waals surface area contributed by atoms with Gasteiger partial charge in [-0.1, -0.05) is 42.5 Å². The van der Waals surface area contributed by atoms with Gasteiger partial charge >= 0.3 is 0 Å². The Kier molecular flexibility index (Phi) is 4.86. The molecule has 166 valence electrons. The molecule has 4 heterocycles. The second-order valence-electron chi connectivity index (χ2n) is 8.04. The van der Waals surface area contributed by atoms with E-state index in [-0.39, 0.29) is 5.82 Å². The van der Waals surface area contributed by atoms with Crippen LogP contribution >= 0.6 is 0 Å². The topological polar surface area (TPSA) is 119 Å². The first kappa shape index (κ1) is 20.4. The third kappa shape index (κ3) is 3.61. The van der Waals surface area contributed by atoms with E-state index in [1.807, 2.05) is 60.7 Å². The molecule has 2 aromatic carbocycles. The summed E-state index contributed by atoms with van der Waals surface area (Å²) in [6, 6.07) is 25.1. The van der Waals surface area contributed by atoms with Gasteiger partial charge < -0.3 is 5.73 Å². The highest BCUT2D eigenvalue weighted by Crippen LogP contribution is 2.40. The normalized spacial score (nSPS) is 11.1. The van der Waals surface area contributed by atoms with Gasteiger partial charge in [0, 0.05) is 34.5 Å². The quantitative estimate of drug-likeness (QED) is 0.413. The van der Waals surface area contributed by atoms with Gasteiger partial charge in [-0.2, -0.15) is 15.2 Å². The molecule has 4 aromatic heterocycles. The fraction of sp³-hybridized carbons (Fsp3) is 0.0370. The number of hydrogen-bond donors (Lipinski definition) is 1. The van der Waals surface area contributed by atoms with Crippen LogP contribution in [0.1, 0.15) is 11.3 Å². The first-order valence-corrected chi connectivity index (χ1v) is 11.0. The molecule has 0 atom stereocenters. The predicted molar refractivity (Wildman–Crippen MR) is 134 cm³/mol. The number of hydrogen-bond acceptors (Lipinski definition) is 7. The van der Waals surface area contributed by atoms with Gasteiger partial charge in [-0.15, -0.1) is 5.10 Å². The van der Waals surface area contributed by atoms with Crippen molar-refractivity contribution >= 4 is 27.8 Å². The van der Waals surface area contributed by atoms with E-state index in [1.165, 1.54) is 0 Å². The van der Waals surface area contributed by atoms with Crippen molar-refractivity contribution in [3.63, 3.8) is 0 Å². The highest BCUT2D eigenvalue weighted by atomic mass is 15.5. The number of benzene rings is 2. The van der Waals surface area contributed by atoms with Gasteiger partial charge in [-0.3, -0.25) is 9.97 Å². The molecule has 0 amide bonds. The number of aromatic nitrogens is 6. The van der Waals surface area contributed by atoms with Crippen molar-refractivity contribution < 1.29 is 0 Å². The average Bonchev–Trinajstić information content (AvgIpc) is 3.33. The molecule has 0 aliphatic carbocycles. The lowest BCUT2D eigenvalue weighted by Crippen LogP contribution is -2.05. The summed E-state index contributed by atoms with van der Waals surface area (Å²) in [6.07, 6.45) is 3.50. The van der Waals surface area contributed by atoms with Gasteiger partial charge in [-0.05, 0) is 30.3 Å². The van der Waals surface area contributed by atoms with E-state index in [2.05, 4.69) is 21.1 Å². The van der Waals surface area contributed by atoms with Gasteiger partial charge in [0.1, 0.15) is 12.1 Å². The van der Waals surface area contributed by atoms with Crippen molar-refractivity contribution in [1.82, 2.24) is 29.9 Å². The Balaban J connectivity index is 1.67. The Morgan fingerprint density at radius 3 is 2.51 bits per heavy atom. The predicted octanol–water partition coefficient (Wildman–Crippen LogP) is 4.61. The minimum absolute atomic E-state index is 0.265. The first-order valence-electron chi connectivity index (χ1n) is 11.0. The molecule has 35 heavy (non-hydrogen) atoms. The number of pyridine rings is 3. The van der Waals surface area contributed by atoms with Crippen LogP contribution in [-0.2, 0) is 6.54 Å². The van der Waals surface area contributed by atoms with E-state index in [0.29, 0.717) is 28.8 Å². The molecule has 6 aromatic rings. The number of nitrogens with zero attached hydrogens (tertiary/aromatic N) is 7. The lowest BCUT2D eigenvalue weighted by molar-refractivity contribution is 0.591. The van der Waals surface area contributed by atoms with Gasteiger partial charge in [0.2, 0.25) is 0 Å². The van der Waals surface area contributed by atoms with Crippen LogP contribution in [0.5, 0.6) is 0 Å². The molecule has 0 unspecified atom stereocenters. The zero-order chi connectivity index (χ0) is 23.8. The van der Waals surface area contributed by atoms with Crippen LogP contribution in [0.3, 0.4) is 0 Å². The Hall–Kier alpha value is -5.16. The lowest BCUT2D eigenvalue weighted by Gasteiger charge is -2.13. The molecule has 2 N–H and O–H groups in total. The number of anilines is 1. The van der Waals surface area contributed by atoms with Crippen molar-refractivity contribution in [1.29, 1.82) is 5.26 Å². The second kappa shape index (κ2) is 8.32. The molecule has 8 heteroatoms. The van der Waals surface area contributed by atoms with Crippen LogP contribution in [-0.4, -0.2) is 29.9 Å². The van der Waals surface area contributed by atoms with Gasteiger partial charge in [0.05, 0.1) is 28.5 Å². The van der Waals surface area contributed by atoms with Crippen molar-refractivity contribution in [3.05, 3.63) is 96.4 Å². The van der Waals surface area contributed by atoms with Crippen LogP contribution in [0.4, 0.5) is 5.82 Å². The molecular weight excluding hydrogens is 436 g/mol. The number of nitrogens with two attached hydrogens (primary N) is 1. The van der Waals surface area contributed by atoms with Crippen molar-refractivity contribution in [2.45, 2.75) is 6.54 Å². The third-order valence-electron chi connectivity index (χ3n) is 5.80. The summed E-state index contributed by atoms with van der Waals surface area (Å²) in [5, 5.41) is 19.9. The minimum atomic E-state index is 0.265. The molecule has 0 aliphatic rings. The summed E-state index contributed by atoms with van der Waals surface area (Å²) in [5.74, 6) is 0.265. The molecule has 0 saturated carbocycles. The Labute approximate surface area is 200 Å². The standard InChI is InChI=1S/C27H18N8/c28-15-17-6-3-8-19(14-17)24-22(21-11-4-7-18-9-5-13-31-23(18)21)25-26(27(29)32-24)34-35(33-25)16-20-10-1-2-12-30-20/h1-14H,16H2,(H2,29,32). The smallest absolute Gasteiger partial charge is 0.155 e. The molecule has 0 radical (unpaired) electrons. The SMILES string of the molecule is N#Cc1cccc(-c2nc(N)c3nn(Cc4ccccn4)nc3c2-c2cccc3cccnc23)c1. The van der Waals surface area contributed by atoms with Gasteiger partial charge in [0.15, 0.2) is 11.3 Å². The number of nitrogen functional groups attached to an aromatic ring is 1. The van der Waals surface area contributed by atoms with Crippen LogP contribution in [0, 0.1) is 11.3 Å². The molecular formula is C27H18N8. The average molecular weight is 454 g/mol. The van der Waals surface area contributed by atoms with Crippen LogP contribution < -0.4 is 5.73 Å². The Bertz CT molecular complexity index is 1740. The van der Waals surface area contributed by atoms with Crippen LogP contribution in [0.15, 0.2) is 85.2 Å². The molecule has 0 bridgehead atoms. The van der Waals surface area contributed by atoms with E-state index >= 15 is 0 Å². The molecule has 0 fully saturated rings. The van der Waals surface area contributed by atoms with Crippen molar-refractivity contribution in [2.24, 2.45) is 0 Å². The maximum absolute atomic E-state index is 9.47. The third-order valence-corrected chi connectivity index (χ3v) is 5.80. The fourth-order valence-corrected chi connectivity index (χ4v) is 4.24. The number of para-hydroxylation sites is 1. The summed E-state index contributed by atoms with van der Waals surface area (Å²) in [6.45, 7) is 0.390. The summed E-state index contributed by atoms with van der Waals surface area (Å²) in [4.78, 5) is 15.4. The zero-order valence-corrected chi connectivity index (χ0v) is 18.5. The van der Waals surface area contributed by atoms with E-state index in [1.54, 1.807) is 29.3 Å². The molecule has 0 aliphatic heterocycles. The number of fused-ring (bicyclic) bond motifs is 2. The molecule has 8 nitrogen and oxygen atoms in total. The maximum atomic E-state index is 9.47. The van der Waals surface area contributed by atoms with E-state index in [4.69, 9.17) is 15.8 Å². The highest BCUT2D eigenvalue weighted by Gasteiger charge is 2.22. The van der Waals surface area contributed by atoms with Gasteiger partial charge in [0.25, 0.3) is 0 Å². The first-order chi connectivity index (χ1) is 17.2. The van der Waals surface area contributed by atoms with Crippen molar-refractivity contribution in [2.75, 3.05) is 5.73 Å². The summed E-state index contributed by atoms with van der Waals surface area (Å²) < 4.78 is 0. The van der Waals surface area contributed by atoms with Crippen LogP contribution in [0.25, 0.3) is 44.3 Å². The van der Waals surface area contributed by atoms with Gasteiger partial charge in [-0.25, -0.2) is 4.98 Å². The van der Waals surface area contributed by atoms with E-state index < -0.39 is 0 Å². The Morgan fingerprint density at radius 2 is 1.66 bits per heavy atom. The summed E-state index contributed by atoms with van der Waals surface area (Å²) in [5.41, 5.74) is 12.7. The fourth-order valence-electron chi connectivity index (χ4n) is 4.24.